The zero-order valence-electron chi connectivity index (χ0n) is 14.8. The molecule has 0 radical (unpaired) electrons. The Morgan fingerprint density at radius 1 is 1.29 bits per heavy atom. The third kappa shape index (κ3) is 3.54. The molecular formula is C20H27N3O. The number of para-hydroxylation sites is 1. The number of rotatable bonds is 5. The van der Waals surface area contributed by atoms with Crippen molar-refractivity contribution in [2.45, 2.75) is 33.2 Å². The van der Waals surface area contributed by atoms with Crippen molar-refractivity contribution in [3.05, 3.63) is 42.1 Å². The number of nitrogens with zero attached hydrogens (tertiary/aromatic N) is 1. The second-order valence-corrected chi connectivity index (χ2v) is 7.04. The number of aromatic nitrogens is 1. The van der Waals surface area contributed by atoms with Gasteiger partial charge in [0.05, 0.1) is 6.04 Å². The van der Waals surface area contributed by atoms with Crippen molar-refractivity contribution >= 4 is 22.4 Å². The number of amides is 1. The molecule has 1 aliphatic heterocycles. The average molecular weight is 325 g/mol. The number of nitrogens with one attached hydrogen (secondary N) is 2. The molecule has 1 unspecified atom stereocenters. The van der Waals surface area contributed by atoms with Crippen molar-refractivity contribution in [1.82, 2.24) is 15.2 Å². The Bertz CT molecular complexity index is 744. The van der Waals surface area contributed by atoms with Crippen molar-refractivity contribution in [2.75, 3.05) is 19.6 Å². The fourth-order valence-corrected chi connectivity index (χ4v) is 3.24. The van der Waals surface area contributed by atoms with E-state index in [9.17, 15) is 4.79 Å². The van der Waals surface area contributed by atoms with E-state index in [-0.39, 0.29) is 11.9 Å². The number of hydrogen-bond donors (Lipinski definition) is 2. The maximum atomic E-state index is 12.3. The van der Waals surface area contributed by atoms with E-state index in [1.807, 2.05) is 6.92 Å². The molecule has 0 bridgehead atoms. The maximum absolute atomic E-state index is 12.3. The molecule has 1 aromatic heterocycles. The Morgan fingerprint density at radius 2 is 2.08 bits per heavy atom. The highest BCUT2D eigenvalue weighted by molar-refractivity contribution is 5.92. The van der Waals surface area contributed by atoms with Crippen LogP contribution in [0.5, 0.6) is 0 Å². The van der Waals surface area contributed by atoms with Crippen LogP contribution in [0.2, 0.25) is 0 Å². The van der Waals surface area contributed by atoms with Gasteiger partial charge in [-0.15, -0.1) is 0 Å². The van der Waals surface area contributed by atoms with Crippen LogP contribution in [0.15, 0.2) is 36.5 Å². The molecule has 0 fully saturated rings. The van der Waals surface area contributed by atoms with Gasteiger partial charge in [-0.05, 0) is 30.9 Å². The van der Waals surface area contributed by atoms with Crippen LogP contribution in [-0.2, 0) is 4.79 Å². The zero-order chi connectivity index (χ0) is 17.1. The Hall–Kier alpha value is -2.07. The fraction of sp³-hybridized carbons (Fsp3) is 0.450. The first-order chi connectivity index (χ1) is 11.6. The Balaban J connectivity index is 1.66. The summed E-state index contributed by atoms with van der Waals surface area (Å²) in [6.07, 6.45) is 5.35. The van der Waals surface area contributed by atoms with Crippen LogP contribution >= 0.6 is 0 Å². The number of benzene rings is 1. The van der Waals surface area contributed by atoms with E-state index >= 15 is 0 Å². The molecule has 0 saturated heterocycles. The Kier molecular flexibility index (Phi) is 5.05. The smallest absolute Gasteiger partial charge is 0.237 e. The van der Waals surface area contributed by atoms with Crippen LogP contribution < -0.4 is 5.32 Å². The molecule has 1 atom stereocenters. The SMILES string of the molecule is CC(C)CNC(=O)C(C)N1CC=C(c2c[nH]c3ccccc23)CC1. The number of fused-ring (bicyclic) bond motifs is 1. The molecule has 1 amide bonds. The highest BCUT2D eigenvalue weighted by atomic mass is 16.2. The predicted octanol–water partition coefficient (Wildman–Crippen LogP) is 3.42. The van der Waals surface area contributed by atoms with Crippen LogP contribution in [0.3, 0.4) is 0 Å². The zero-order valence-corrected chi connectivity index (χ0v) is 14.8. The summed E-state index contributed by atoms with van der Waals surface area (Å²) in [5, 5.41) is 4.31. The minimum atomic E-state index is -0.0791. The van der Waals surface area contributed by atoms with Gasteiger partial charge in [-0.1, -0.05) is 38.1 Å². The molecule has 4 heteroatoms. The van der Waals surface area contributed by atoms with Gasteiger partial charge in [-0.25, -0.2) is 0 Å². The molecule has 2 heterocycles. The summed E-state index contributed by atoms with van der Waals surface area (Å²) in [6, 6.07) is 8.32. The van der Waals surface area contributed by atoms with Crippen LogP contribution in [0.1, 0.15) is 32.8 Å². The highest BCUT2D eigenvalue weighted by Crippen LogP contribution is 2.29. The first-order valence-electron chi connectivity index (χ1n) is 8.83. The van der Waals surface area contributed by atoms with Gasteiger partial charge in [0.1, 0.15) is 0 Å². The van der Waals surface area contributed by atoms with E-state index < -0.39 is 0 Å². The van der Waals surface area contributed by atoms with E-state index in [0.717, 1.165) is 26.1 Å². The molecule has 0 spiro atoms. The van der Waals surface area contributed by atoms with Gasteiger partial charge in [0.25, 0.3) is 0 Å². The quantitative estimate of drug-likeness (QED) is 0.885. The van der Waals surface area contributed by atoms with E-state index in [1.165, 1.54) is 22.0 Å². The first kappa shape index (κ1) is 16.8. The van der Waals surface area contributed by atoms with Gasteiger partial charge in [0.2, 0.25) is 5.91 Å². The number of hydrogen-bond acceptors (Lipinski definition) is 2. The van der Waals surface area contributed by atoms with E-state index in [2.05, 4.69) is 65.6 Å². The van der Waals surface area contributed by atoms with Gasteiger partial charge in [0.15, 0.2) is 0 Å². The second-order valence-electron chi connectivity index (χ2n) is 7.04. The molecule has 0 aliphatic carbocycles. The van der Waals surface area contributed by atoms with Gasteiger partial charge >= 0.3 is 0 Å². The van der Waals surface area contributed by atoms with Crippen molar-refractivity contribution in [3.63, 3.8) is 0 Å². The molecule has 3 rings (SSSR count). The predicted molar refractivity (Wildman–Crippen MR) is 99.8 cm³/mol. The lowest BCUT2D eigenvalue weighted by Crippen LogP contribution is -2.47. The minimum Gasteiger partial charge on any atom is -0.361 e. The number of aromatic amines is 1. The average Bonchev–Trinajstić information content (AvgIpc) is 3.03. The molecule has 24 heavy (non-hydrogen) atoms. The van der Waals surface area contributed by atoms with Gasteiger partial charge in [-0.2, -0.15) is 0 Å². The van der Waals surface area contributed by atoms with Crippen LogP contribution in [0.4, 0.5) is 0 Å². The van der Waals surface area contributed by atoms with E-state index in [0.29, 0.717) is 5.92 Å². The Morgan fingerprint density at radius 3 is 2.79 bits per heavy atom. The number of carbonyl (C=O) groups is 1. The van der Waals surface area contributed by atoms with Crippen LogP contribution in [0, 0.1) is 5.92 Å². The summed E-state index contributed by atoms with van der Waals surface area (Å²) < 4.78 is 0. The molecular weight excluding hydrogens is 298 g/mol. The molecule has 0 saturated carbocycles. The fourth-order valence-electron chi connectivity index (χ4n) is 3.24. The van der Waals surface area contributed by atoms with Gasteiger partial charge in [0, 0.05) is 42.3 Å². The highest BCUT2D eigenvalue weighted by Gasteiger charge is 2.23. The van der Waals surface area contributed by atoms with Crippen LogP contribution in [0.25, 0.3) is 16.5 Å². The summed E-state index contributed by atoms with van der Waals surface area (Å²) in [4.78, 5) is 17.8. The third-order valence-electron chi connectivity index (χ3n) is 4.79. The standard InChI is InChI=1S/C20H27N3O/c1-14(2)12-22-20(24)15(3)23-10-8-16(9-11-23)18-13-21-19-7-5-4-6-17(18)19/h4-8,13-15,21H,9-12H2,1-3H3,(H,22,24). The third-order valence-corrected chi connectivity index (χ3v) is 4.79. The summed E-state index contributed by atoms with van der Waals surface area (Å²) in [5.74, 6) is 0.614. The minimum absolute atomic E-state index is 0.0791. The van der Waals surface area contributed by atoms with Crippen molar-refractivity contribution in [2.24, 2.45) is 5.92 Å². The first-order valence-corrected chi connectivity index (χ1v) is 8.83. The monoisotopic (exact) mass is 325 g/mol. The maximum Gasteiger partial charge on any atom is 0.237 e. The van der Waals surface area contributed by atoms with E-state index in [4.69, 9.17) is 0 Å². The Labute approximate surface area is 143 Å². The van der Waals surface area contributed by atoms with Gasteiger partial charge < -0.3 is 10.3 Å². The summed E-state index contributed by atoms with van der Waals surface area (Å²) in [5.41, 5.74) is 3.85. The lowest BCUT2D eigenvalue weighted by atomic mass is 9.98. The molecule has 2 aromatic rings. The largest absolute Gasteiger partial charge is 0.361 e. The summed E-state index contributed by atoms with van der Waals surface area (Å²) in [7, 11) is 0. The lowest BCUT2D eigenvalue weighted by molar-refractivity contribution is -0.125. The van der Waals surface area contributed by atoms with Crippen molar-refractivity contribution < 1.29 is 4.79 Å². The topological polar surface area (TPSA) is 48.1 Å². The van der Waals surface area contributed by atoms with Crippen LogP contribution in [-0.4, -0.2) is 41.5 Å². The molecule has 1 aliphatic rings. The lowest BCUT2D eigenvalue weighted by Gasteiger charge is -2.31. The molecule has 128 valence electrons. The van der Waals surface area contributed by atoms with E-state index in [1.54, 1.807) is 0 Å². The van der Waals surface area contributed by atoms with Crippen molar-refractivity contribution in [1.29, 1.82) is 0 Å². The van der Waals surface area contributed by atoms with Gasteiger partial charge in [-0.3, -0.25) is 9.69 Å². The summed E-state index contributed by atoms with van der Waals surface area (Å²) in [6.45, 7) is 8.71. The molecule has 4 nitrogen and oxygen atoms in total. The number of H-pyrrole nitrogens is 1. The normalized spacial score (nSPS) is 17.1. The summed E-state index contributed by atoms with van der Waals surface area (Å²) >= 11 is 0. The van der Waals surface area contributed by atoms with Crippen molar-refractivity contribution in [3.8, 4) is 0 Å². The number of carbonyl (C=O) groups excluding carboxylic acids is 1. The molecule has 2 N–H and O–H groups in total. The second kappa shape index (κ2) is 7.22. The molecule has 1 aromatic carbocycles.